The maximum Gasteiger partial charge on any atom is 0.160 e. The molecule has 0 bridgehead atoms. The minimum absolute atomic E-state index is 0.143. The van der Waals surface area contributed by atoms with Crippen molar-refractivity contribution in [3.8, 4) is 39.5 Å². The number of rotatable bonds is 3. The van der Waals surface area contributed by atoms with Crippen molar-refractivity contribution in [1.82, 2.24) is 14.5 Å². The minimum Gasteiger partial charge on any atom is -0.309 e. The van der Waals surface area contributed by atoms with Crippen LogP contribution in [0.1, 0.15) is 25.0 Å². The normalized spacial score (nSPS) is 13.4. The number of para-hydroxylation sites is 2. The Labute approximate surface area is 278 Å². The Morgan fingerprint density at radius 2 is 1.23 bits per heavy atom. The second-order valence-corrected chi connectivity index (χ2v) is 13.4. The van der Waals surface area contributed by atoms with Gasteiger partial charge in [-0.2, -0.15) is 0 Å². The fraction of sp³-hybridized carbons (Fsp3) is 0.0667. The van der Waals surface area contributed by atoms with E-state index in [9.17, 15) is 0 Å². The predicted molar refractivity (Wildman–Crippen MR) is 200 cm³/mol. The SMILES string of the molecule is CC1(C)c2cc3c(cc2-c2ccc4ccccc4c21)c1ccccc1n3-c1cccc(-c2nc(-c3ccccc3)c3ccccc3n2)c1. The molecule has 226 valence electrons. The molecule has 0 spiro atoms. The number of aromatic nitrogens is 3. The molecule has 2 aromatic heterocycles. The zero-order valence-electron chi connectivity index (χ0n) is 26.8. The summed E-state index contributed by atoms with van der Waals surface area (Å²) in [6, 6.07) is 54.5. The molecule has 1 aliphatic rings. The van der Waals surface area contributed by atoms with E-state index in [1.807, 2.05) is 12.1 Å². The maximum atomic E-state index is 5.18. The molecule has 9 aromatic rings. The lowest BCUT2D eigenvalue weighted by atomic mass is 9.80. The van der Waals surface area contributed by atoms with Crippen LogP contribution >= 0.6 is 0 Å². The summed E-state index contributed by atoms with van der Waals surface area (Å²) < 4.78 is 2.42. The van der Waals surface area contributed by atoms with E-state index in [-0.39, 0.29) is 5.41 Å². The summed E-state index contributed by atoms with van der Waals surface area (Å²) in [5, 5.41) is 6.20. The molecule has 7 aromatic carbocycles. The maximum absolute atomic E-state index is 5.18. The molecule has 0 N–H and O–H groups in total. The molecule has 1 aliphatic carbocycles. The number of fused-ring (bicyclic) bond motifs is 9. The Balaban J connectivity index is 1.20. The fourth-order valence-corrected chi connectivity index (χ4v) is 8.14. The van der Waals surface area contributed by atoms with Gasteiger partial charge in [-0.1, -0.05) is 129 Å². The average Bonchev–Trinajstić information content (AvgIpc) is 3.58. The summed E-state index contributed by atoms with van der Waals surface area (Å²) in [6.07, 6.45) is 0. The highest BCUT2D eigenvalue weighted by Gasteiger charge is 2.37. The summed E-state index contributed by atoms with van der Waals surface area (Å²) in [6.45, 7) is 4.76. The second kappa shape index (κ2) is 9.97. The molecule has 0 saturated heterocycles. The quantitative estimate of drug-likeness (QED) is 0.198. The number of hydrogen-bond donors (Lipinski definition) is 0. The Bertz CT molecular complexity index is 2750. The largest absolute Gasteiger partial charge is 0.309 e. The van der Waals surface area contributed by atoms with E-state index in [1.54, 1.807) is 0 Å². The third-order valence-corrected chi connectivity index (χ3v) is 10.3. The van der Waals surface area contributed by atoms with Gasteiger partial charge in [0.2, 0.25) is 0 Å². The van der Waals surface area contributed by atoms with Crippen LogP contribution in [0.5, 0.6) is 0 Å². The topological polar surface area (TPSA) is 30.7 Å². The summed E-state index contributed by atoms with van der Waals surface area (Å²) in [4.78, 5) is 10.3. The minimum atomic E-state index is -0.143. The van der Waals surface area contributed by atoms with Crippen molar-refractivity contribution in [3.63, 3.8) is 0 Å². The molecule has 0 aliphatic heterocycles. The van der Waals surface area contributed by atoms with Gasteiger partial charge in [-0.3, -0.25) is 0 Å². The molecule has 0 atom stereocenters. The Morgan fingerprint density at radius 3 is 2.10 bits per heavy atom. The zero-order chi connectivity index (χ0) is 32.0. The van der Waals surface area contributed by atoms with Crippen molar-refractivity contribution in [1.29, 1.82) is 0 Å². The predicted octanol–water partition coefficient (Wildman–Crippen LogP) is 11.5. The van der Waals surface area contributed by atoms with Crippen molar-refractivity contribution < 1.29 is 0 Å². The highest BCUT2D eigenvalue weighted by Crippen LogP contribution is 2.53. The number of hydrogen-bond acceptors (Lipinski definition) is 2. The van der Waals surface area contributed by atoms with Gasteiger partial charge < -0.3 is 4.57 Å². The smallest absolute Gasteiger partial charge is 0.160 e. The van der Waals surface area contributed by atoms with Gasteiger partial charge in [-0.15, -0.1) is 0 Å². The van der Waals surface area contributed by atoms with Crippen LogP contribution in [-0.4, -0.2) is 14.5 Å². The van der Waals surface area contributed by atoms with Gasteiger partial charge in [-0.05, 0) is 69.4 Å². The van der Waals surface area contributed by atoms with Gasteiger partial charge in [0.25, 0.3) is 0 Å². The first-order chi connectivity index (χ1) is 23.6. The molecule has 2 heterocycles. The van der Waals surface area contributed by atoms with Crippen LogP contribution in [0.3, 0.4) is 0 Å². The van der Waals surface area contributed by atoms with Crippen LogP contribution in [0, 0.1) is 0 Å². The van der Waals surface area contributed by atoms with Gasteiger partial charge in [0.15, 0.2) is 5.82 Å². The van der Waals surface area contributed by atoms with E-state index in [4.69, 9.17) is 9.97 Å². The molecule has 48 heavy (non-hydrogen) atoms. The zero-order valence-corrected chi connectivity index (χ0v) is 26.8. The van der Waals surface area contributed by atoms with Crippen molar-refractivity contribution >= 4 is 43.5 Å². The van der Waals surface area contributed by atoms with Crippen LogP contribution in [-0.2, 0) is 5.41 Å². The molecular weight excluding hydrogens is 583 g/mol. The molecule has 0 radical (unpaired) electrons. The summed E-state index contributed by atoms with van der Waals surface area (Å²) in [5.41, 5.74) is 12.8. The highest BCUT2D eigenvalue weighted by atomic mass is 15.0. The highest BCUT2D eigenvalue weighted by molar-refractivity contribution is 6.12. The lowest BCUT2D eigenvalue weighted by Crippen LogP contribution is -2.15. The summed E-state index contributed by atoms with van der Waals surface area (Å²) >= 11 is 0. The fourth-order valence-electron chi connectivity index (χ4n) is 8.14. The lowest BCUT2D eigenvalue weighted by molar-refractivity contribution is 0.667. The van der Waals surface area contributed by atoms with Crippen molar-refractivity contribution in [3.05, 3.63) is 163 Å². The van der Waals surface area contributed by atoms with Crippen LogP contribution in [0.25, 0.3) is 82.9 Å². The van der Waals surface area contributed by atoms with Gasteiger partial charge >= 0.3 is 0 Å². The van der Waals surface area contributed by atoms with E-state index in [1.165, 1.54) is 54.8 Å². The van der Waals surface area contributed by atoms with Gasteiger partial charge in [-0.25, -0.2) is 9.97 Å². The lowest BCUT2D eigenvalue weighted by Gasteiger charge is -2.23. The van der Waals surface area contributed by atoms with Crippen LogP contribution in [0.2, 0.25) is 0 Å². The Kier molecular flexibility index (Phi) is 5.63. The van der Waals surface area contributed by atoms with E-state index in [0.717, 1.165) is 39.2 Å². The first kappa shape index (κ1) is 27.1. The Hall–Kier alpha value is -6.06. The summed E-state index contributed by atoms with van der Waals surface area (Å²) in [7, 11) is 0. The molecule has 10 rings (SSSR count). The standard InChI is InChI=1S/C45H31N3/c1-45(2)38-27-41-37(26-36(38)34-24-23-28-13-6-7-18-32(28)42(34)45)33-19-9-11-22-40(33)48(41)31-17-12-16-30(25-31)44-46-39-21-10-8-20-35(39)43(47-44)29-14-4-3-5-15-29/h3-27H,1-2H3. The molecule has 0 fully saturated rings. The third-order valence-electron chi connectivity index (χ3n) is 10.3. The van der Waals surface area contributed by atoms with Gasteiger partial charge in [0, 0.05) is 38.4 Å². The van der Waals surface area contributed by atoms with Crippen LogP contribution in [0.15, 0.2) is 152 Å². The van der Waals surface area contributed by atoms with Crippen molar-refractivity contribution in [2.24, 2.45) is 0 Å². The monoisotopic (exact) mass is 613 g/mol. The van der Waals surface area contributed by atoms with Gasteiger partial charge in [0.05, 0.1) is 22.2 Å². The first-order valence-corrected chi connectivity index (χ1v) is 16.6. The molecule has 0 saturated carbocycles. The van der Waals surface area contributed by atoms with Gasteiger partial charge in [0.1, 0.15) is 0 Å². The van der Waals surface area contributed by atoms with Crippen molar-refractivity contribution in [2.45, 2.75) is 19.3 Å². The molecule has 0 amide bonds. The first-order valence-electron chi connectivity index (χ1n) is 16.6. The molecular formula is C45H31N3. The second-order valence-electron chi connectivity index (χ2n) is 13.4. The van der Waals surface area contributed by atoms with E-state index in [2.05, 4.69) is 158 Å². The van der Waals surface area contributed by atoms with E-state index >= 15 is 0 Å². The van der Waals surface area contributed by atoms with Crippen LogP contribution < -0.4 is 0 Å². The number of nitrogens with zero attached hydrogens (tertiary/aromatic N) is 3. The van der Waals surface area contributed by atoms with E-state index < -0.39 is 0 Å². The Morgan fingerprint density at radius 1 is 0.500 bits per heavy atom. The molecule has 3 heteroatoms. The van der Waals surface area contributed by atoms with Crippen LogP contribution in [0.4, 0.5) is 0 Å². The summed E-state index contributed by atoms with van der Waals surface area (Å²) in [5.74, 6) is 0.722. The molecule has 3 nitrogen and oxygen atoms in total. The van der Waals surface area contributed by atoms with E-state index in [0.29, 0.717) is 0 Å². The molecule has 0 unspecified atom stereocenters. The van der Waals surface area contributed by atoms with Crippen molar-refractivity contribution in [2.75, 3.05) is 0 Å². The number of benzene rings is 7. The third kappa shape index (κ3) is 3.82. The average molecular weight is 614 g/mol.